The molecular weight excluding hydrogens is 1090 g/mol. The molecule has 0 amide bonds. The largest absolute Gasteiger partial charge is 0.595 e. The van der Waals surface area contributed by atoms with E-state index in [9.17, 15) is 176 Å². The molecular formula is C20H6F40O4Si. The molecule has 0 spiro atoms. The van der Waals surface area contributed by atoms with Crippen molar-refractivity contribution in [2.45, 2.75) is 115 Å². The van der Waals surface area contributed by atoms with Crippen molar-refractivity contribution >= 4 is 8.80 Å². The first-order valence-corrected chi connectivity index (χ1v) is 15.3. The fraction of sp³-hybridized carbons (Fsp3) is 1.00. The molecule has 0 aliphatic heterocycles. The van der Waals surface area contributed by atoms with Gasteiger partial charge in [0, 0.05) is 6.61 Å². The summed E-state index contributed by atoms with van der Waals surface area (Å²) in [6.45, 7) is 1.93. The SMILES string of the molecule is CCO.FC(F)(F)C(F)(F)O[Si](OC(F)(F)C(F)(F)F)(OC(F)(F)C(F)(F)F)C(F)(F)C(F)(F)C(F)(F)C(F)(F)C(F)(F)C(F)(F)C(F)(F)C(F)(F)C(F)(F)C(F)(F)C(F)(F)C(F)(F)F. The maximum Gasteiger partial charge on any atom is 0.595 e. The zero-order chi connectivity index (χ0) is 54.3. The summed E-state index contributed by atoms with van der Waals surface area (Å²) in [7, 11) is -12.2. The van der Waals surface area contributed by atoms with Crippen molar-refractivity contribution in [1.82, 2.24) is 0 Å². The molecule has 65 heavy (non-hydrogen) atoms. The highest BCUT2D eigenvalue weighted by molar-refractivity contribution is 6.64. The molecule has 0 heterocycles. The fourth-order valence-electron chi connectivity index (χ4n) is 3.08. The summed E-state index contributed by atoms with van der Waals surface area (Å²) >= 11 is 0. The number of halogens is 40. The second kappa shape index (κ2) is 16.7. The lowest BCUT2D eigenvalue weighted by Crippen LogP contribution is -2.81. The van der Waals surface area contributed by atoms with Crippen molar-refractivity contribution in [2.75, 3.05) is 6.61 Å². The third-order valence-corrected chi connectivity index (χ3v) is 9.12. The summed E-state index contributed by atoms with van der Waals surface area (Å²) in [6, 6.07) is 0. The summed E-state index contributed by atoms with van der Waals surface area (Å²) in [5.74, 6) is -102. The van der Waals surface area contributed by atoms with Gasteiger partial charge in [0.2, 0.25) is 0 Å². The highest BCUT2D eigenvalue weighted by atomic mass is 28.4. The van der Waals surface area contributed by atoms with Crippen LogP contribution in [-0.2, 0) is 13.3 Å². The smallest absolute Gasteiger partial charge is 0.397 e. The molecule has 1 N–H and O–H groups in total. The van der Waals surface area contributed by atoms with E-state index >= 15 is 0 Å². The van der Waals surface area contributed by atoms with Crippen LogP contribution in [0.3, 0.4) is 0 Å². The third-order valence-electron chi connectivity index (χ3n) is 6.46. The van der Waals surface area contributed by atoms with Crippen LogP contribution in [0.4, 0.5) is 176 Å². The molecule has 0 radical (unpaired) electrons. The number of hydrogen-bond acceptors (Lipinski definition) is 4. The molecule has 0 aliphatic rings. The molecule has 0 atom stereocenters. The van der Waals surface area contributed by atoms with Gasteiger partial charge in [-0.25, -0.2) is 0 Å². The van der Waals surface area contributed by atoms with Crippen LogP contribution in [0, 0.1) is 0 Å². The second-order valence-corrected chi connectivity index (χ2v) is 13.4. The standard InChI is InChI=1S/C18F40O3Si.C2H6O/c19-1(20,3(23,24)5(27,28)7(31,32)9(35,36)11(39,40)41)2(21,22)4(25,26)6(29,30)8(33,34)10(37,38)18(57,58)62(59-15(51,52)12(42,43)44,60-16(53,54)13(45,46)47)61-17(55,56)14(48,49)50;1-2-3/h;3H,2H2,1H3. The van der Waals surface area contributed by atoms with E-state index in [0.717, 1.165) is 13.3 Å². The molecule has 0 saturated heterocycles. The van der Waals surface area contributed by atoms with Crippen LogP contribution in [0.25, 0.3) is 0 Å². The molecule has 0 saturated carbocycles. The van der Waals surface area contributed by atoms with Gasteiger partial charge in [0.25, 0.3) is 0 Å². The normalized spacial score (nSPS) is 16.7. The highest BCUT2D eigenvalue weighted by Gasteiger charge is 3.02. The van der Waals surface area contributed by atoms with E-state index in [1.54, 1.807) is 6.92 Å². The van der Waals surface area contributed by atoms with E-state index in [4.69, 9.17) is 5.11 Å². The van der Waals surface area contributed by atoms with Gasteiger partial charge >= 0.3 is 117 Å². The first kappa shape index (κ1) is 64.3. The Balaban J connectivity index is 0. The van der Waals surface area contributed by atoms with Crippen molar-refractivity contribution in [3.63, 3.8) is 0 Å². The van der Waals surface area contributed by atoms with Crippen molar-refractivity contribution < 1.29 is 194 Å². The van der Waals surface area contributed by atoms with Gasteiger partial charge in [-0.2, -0.15) is 176 Å². The molecule has 0 aromatic heterocycles. The van der Waals surface area contributed by atoms with Gasteiger partial charge in [-0.15, -0.1) is 0 Å². The molecule has 0 aromatic carbocycles. The van der Waals surface area contributed by atoms with Gasteiger partial charge in [-0.1, -0.05) is 0 Å². The van der Waals surface area contributed by atoms with Gasteiger partial charge < -0.3 is 18.4 Å². The lowest BCUT2D eigenvalue weighted by atomic mass is 9.85. The number of alkyl halides is 40. The van der Waals surface area contributed by atoms with Crippen LogP contribution in [-0.4, -0.2) is 128 Å². The molecule has 0 rings (SSSR count). The van der Waals surface area contributed by atoms with Crippen molar-refractivity contribution in [1.29, 1.82) is 0 Å². The second-order valence-electron chi connectivity index (χ2n) is 11.0. The maximum atomic E-state index is 14.9. The number of aliphatic hydroxyl groups excluding tert-OH is 1. The highest BCUT2D eigenvalue weighted by Crippen LogP contribution is 2.69. The number of rotatable bonds is 17. The Morgan fingerprint density at radius 2 is 0.400 bits per heavy atom. The van der Waals surface area contributed by atoms with E-state index in [1.165, 1.54) is 0 Å². The summed E-state index contributed by atoms with van der Waals surface area (Å²) < 4.78 is 540. The topological polar surface area (TPSA) is 47.9 Å². The molecule has 4 nitrogen and oxygen atoms in total. The van der Waals surface area contributed by atoms with Crippen molar-refractivity contribution in [3.05, 3.63) is 0 Å². The van der Waals surface area contributed by atoms with Gasteiger partial charge in [-0.05, 0) is 6.92 Å². The van der Waals surface area contributed by atoms with Crippen molar-refractivity contribution in [2.24, 2.45) is 0 Å². The fourth-order valence-corrected chi connectivity index (χ4v) is 5.49. The molecule has 0 bridgehead atoms. The van der Waals surface area contributed by atoms with Gasteiger partial charge in [-0.3, -0.25) is 0 Å². The average Bonchev–Trinajstić information content (AvgIpc) is 3.01. The minimum atomic E-state index is -12.2. The van der Waals surface area contributed by atoms with E-state index in [2.05, 4.69) is 0 Å². The monoisotopic (exact) mass is 1100 g/mol. The third kappa shape index (κ3) is 9.53. The summed E-state index contributed by atoms with van der Waals surface area (Å²) in [5.41, 5.74) is -10.4. The van der Waals surface area contributed by atoms with E-state index < -0.39 is 117 Å². The van der Waals surface area contributed by atoms with Crippen LogP contribution in [0.15, 0.2) is 0 Å². The molecule has 0 aliphatic carbocycles. The lowest BCUT2D eigenvalue weighted by molar-refractivity contribution is -0.482. The first-order valence-electron chi connectivity index (χ1n) is 13.6. The van der Waals surface area contributed by atoms with Gasteiger partial charge in [0.1, 0.15) is 0 Å². The lowest BCUT2D eigenvalue weighted by Gasteiger charge is -2.47. The maximum absolute atomic E-state index is 14.9. The quantitative estimate of drug-likeness (QED) is 0.116. The number of hydrogen-bond donors (Lipinski definition) is 1. The van der Waals surface area contributed by atoms with Crippen LogP contribution >= 0.6 is 0 Å². The Labute approximate surface area is 325 Å². The Hall–Kier alpha value is -2.74. The van der Waals surface area contributed by atoms with Crippen LogP contribution in [0.5, 0.6) is 0 Å². The van der Waals surface area contributed by atoms with E-state index in [1.807, 2.05) is 0 Å². The molecule has 45 heteroatoms. The zero-order valence-electron chi connectivity index (χ0n) is 28.0. The molecule has 0 fully saturated rings. The summed E-state index contributed by atoms with van der Waals surface area (Å²) in [6.07, 6.45) is -61.1. The Morgan fingerprint density at radius 1 is 0.262 bits per heavy atom. The van der Waals surface area contributed by atoms with Crippen LogP contribution < -0.4 is 0 Å². The van der Waals surface area contributed by atoms with Gasteiger partial charge in [0.15, 0.2) is 0 Å². The molecule has 0 unspecified atom stereocenters. The molecule has 394 valence electrons. The average molecular weight is 1100 g/mol. The predicted molar refractivity (Wildman–Crippen MR) is 115 cm³/mol. The summed E-state index contributed by atoms with van der Waals surface area (Å²) in [5, 5.41) is 7.57. The van der Waals surface area contributed by atoms with Gasteiger partial charge in [0.05, 0.1) is 0 Å². The predicted octanol–water partition coefficient (Wildman–Crippen LogP) is 12.5. The Bertz CT molecular complexity index is 1540. The first-order chi connectivity index (χ1) is 27.3. The zero-order valence-corrected chi connectivity index (χ0v) is 29.0. The van der Waals surface area contributed by atoms with E-state index in [0.29, 0.717) is 0 Å². The summed E-state index contributed by atoms with van der Waals surface area (Å²) in [4.78, 5) is 0. The van der Waals surface area contributed by atoms with Crippen LogP contribution in [0.2, 0.25) is 0 Å². The minimum Gasteiger partial charge on any atom is -0.397 e. The minimum absolute atomic E-state index is 0.250. The molecule has 0 aromatic rings. The van der Waals surface area contributed by atoms with Crippen molar-refractivity contribution in [3.8, 4) is 0 Å². The number of aliphatic hydroxyl groups is 1. The Morgan fingerprint density at radius 3 is 0.538 bits per heavy atom. The van der Waals surface area contributed by atoms with Crippen LogP contribution in [0.1, 0.15) is 6.92 Å². The van der Waals surface area contributed by atoms with E-state index in [-0.39, 0.29) is 6.61 Å². The Kier molecular flexibility index (Phi) is 16.6.